The molecule has 0 unspecified atom stereocenters. The Bertz CT molecular complexity index is 1180. The van der Waals surface area contributed by atoms with Gasteiger partial charge in [0.15, 0.2) is 0 Å². The molecule has 0 atom stereocenters. The van der Waals surface area contributed by atoms with E-state index < -0.39 is 15.9 Å². The summed E-state index contributed by atoms with van der Waals surface area (Å²) in [5.74, 6) is -0.246. The standard InChI is InChI=1S/C23H22ClNO4S2/c1-16-4-9-19(10-5-16)30-15-23(26)25(18-8-13-22(29-3)21(24)14-18)31(27,28)20-11-6-17(2)7-12-20/h4-14H,15H2,1-3H3. The summed E-state index contributed by atoms with van der Waals surface area (Å²) in [6.45, 7) is 3.84. The topological polar surface area (TPSA) is 63.7 Å². The normalized spacial score (nSPS) is 11.2. The minimum atomic E-state index is -4.15. The minimum Gasteiger partial charge on any atom is -0.495 e. The van der Waals surface area contributed by atoms with E-state index in [2.05, 4.69) is 0 Å². The van der Waals surface area contributed by atoms with Crippen molar-refractivity contribution in [3.8, 4) is 5.75 Å². The number of anilines is 1. The number of hydrogen-bond donors (Lipinski definition) is 0. The van der Waals surface area contributed by atoms with Gasteiger partial charge in [-0.2, -0.15) is 0 Å². The summed E-state index contributed by atoms with van der Waals surface area (Å²) in [6, 6.07) is 18.5. The van der Waals surface area contributed by atoms with Crippen LogP contribution in [0.5, 0.6) is 5.75 Å². The van der Waals surface area contributed by atoms with Crippen molar-refractivity contribution < 1.29 is 17.9 Å². The van der Waals surface area contributed by atoms with Crippen LogP contribution in [0, 0.1) is 13.8 Å². The van der Waals surface area contributed by atoms with Crippen LogP contribution in [-0.2, 0) is 14.8 Å². The number of rotatable bonds is 7. The lowest BCUT2D eigenvalue weighted by Gasteiger charge is -2.23. The third-order valence-corrected chi connectivity index (χ3v) is 7.59. The molecule has 3 aromatic carbocycles. The van der Waals surface area contributed by atoms with Crippen LogP contribution >= 0.6 is 23.4 Å². The minimum absolute atomic E-state index is 0.0266. The molecular formula is C23H22ClNO4S2. The molecule has 31 heavy (non-hydrogen) atoms. The van der Waals surface area contributed by atoms with E-state index >= 15 is 0 Å². The fourth-order valence-corrected chi connectivity index (χ4v) is 5.35. The van der Waals surface area contributed by atoms with E-state index in [1.807, 2.05) is 38.1 Å². The van der Waals surface area contributed by atoms with Crippen LogP contribution in [0.1, 0.15) is 11.1 Å². The maximum Gasteiger partial charge on any atom is 0.270 e. The van der Waals surface area contributed by atoms with E-state index in [0.717, 1.165) is 20.3 Å². The lowest BCUT2D eigenvalue weighted by Crippen LogP contribution is -2.38. The SMILES string of the molecule is COc1ccc(N(C(=O)CSc2ccc(C)cc2)S(=O)(=O)c2ccc(C)cc2)cc1Cl. The predicted molar refractivity (Wildman–Crippen MR) is 126 cm³/mol. The lowest BCUT2D eigenvalue weighted by atomic mass is 10.2. The maximum atomic E-state index is 13.4. The van der Waals surface area contributed by atoms with E-state index in [1.54, 1.807) is 12.1 Å². The summed E-state index contributed by atoms with van der Waals surface area (Å²) < 4.78 is 32.8. The van der Waals surface area contributed by atoms with Crippen LogP contribution in [0.3, 0.4) is 0 Å². The largest absolute Gasteiger partial charge is 0.495 e. The molecule has 0 aliphatic rings. The molecule has 0 saturated heterocycles. The number of carbonyl (C=O) groups is 1. The summed E-state index contributed by atoms with van der Waals surface area (Å²) in [5.41, 5.74) is 2.17. The van der Waals surface area contributed by atoms with Crippen molar-refractivity contribution in [3.63, 3.8) is 0 Å². The molecule has 3 aromatic rings. The molecule has 0 bridgehead atoms. The number of hydrogen-bond acceptors (Lipinski definition) is 5. The fraction of sp³-hybridized carbons (Fsp3) is 0.174. The zero-order valence-corrected chi connectivity index (χ0v) is 19.7. The second-order valence-corrected chi connectivity index (χ2v) is 10.1. The number of nitrogens with zero attached hydrogens (tertiary/aromatic N) is 1. The number of aryl methyl sites for hydroxylation is 2. The van der Waals surface area contributed by atoms with Gasteiger partial charge in [-0.15, -0.1) is 11.8 Å². The van der Waals surface area contributed by atoms with E-state index in [-0.39, 0.29) is 21.4 Å². The van der Waals surface area contributed by atoms with Gasteiger partial charge in [0.05, 0.1) is 28.5 Å². The van der Waals surface area contributed by atoms with Crippen LogP contribution in [0.25, 0.3) is 0 Å². The Morgan fingerprint density at radius 3 is 2.10 bits per heavy atom. The Morgan fingerprint density at radius 1 is 0.968 bits per heavy atom. The maximum absolute atomic E-state index is 13.4. The quantitative estimate of drug-likeness (QED) is 0.423. The van der Waals surface area contributed by atoms with Gasteiger partial charge in [0.1, 0.15) is 5.75 Å². The van der Waals surface area contributed by atoms with Crippen molar-refractivity contribution in [3.05, 3.63) is 82.9 Å². The Hall–Kier alpha value is -2.48. The molecule has 0 aromatic heterocycles. The average molecular weight is 476 g/mol. The van der Waals surface area contributed by atoms with Gasteiger partial charge in [-0.1, -0.05) is 47.0 Å². The third kappa shape index (κ3) is 5.42. The predicted octanol–water partition coefficient (Wildman–Crippen LogP) is 5.48. The zero-order valence-electron chi connectivity index (χ0n) is 17.3. The van der Waals surface area contributed by atoms with Crippen molar-refractivity contribution in [2.24, 2.45) is 0 Å². The molecule has 0 N–H and O–H groups in total. The second kappa shape index (κ2) is 9.77. The van der Waals surface area contributed by atoms with Gasteiger partial charge in [-0.25, -0.2) is 12.7 Å². The van der Waals surface area contributed by atoms with Gasteiger partial charge in [0.2, 0.25) is 0 Å². The smallest absolute Gasteiger partial charge is 0.270 e. The number of amides is 1. The van der Waals surface area contributed by atoms with Crippen molar-refractivity contribution in [2.45, 2.75) is 23.6 Å². The van der Waals surface area contributed by atoms with Gasteiger partial charge < -0.3 is 4.74 Å². The van der Waals surface area contributed by atoms with Crippen molar-refractivity contribution in [1.82, 2.24) is 0 Å². The summed E-state index contributed by atoms with van der Waals surface area (Å²) >= 11 is 7.49. The molecule has 0 aliphatic heterocycles. The van der Waals surface area contributed by atoms with Crippen molar-refractivity contribution in [2.75, 3.05) is 17.2 Å². The Morgan fingerprint density at radius 2 is 1.55 bits per heavy atom. The average Bonchev–Trinajstić information content (AvgIpc) is 2.74. The van der Waals surface area contributed by atoms with Crippen LogP contribution in [0.2, 0.25) is 5.02 Å². The van der Waals surface area contributed by atoms with Gasteiger partial charge in [0.25, 0.3) is 15.9 Å². The highest BCUT2D eigenvalue weighted by molar-refractivity contribution is 8.00. The first-order chi connectivity index (χ1) is 14.7. The summed E-state index contributed by atoms with van der Waals surface area (Å²) in [6.07, 6.45) is 0. The molecule has 3 rings (SSSR count). The first-order valence-electron chi connectivity index (χ1n) is 9.40. The fourth-order valence-electron chi connectivity index (χ4n) is 2.85. The summed E-state index contributed by atoms with van der Waals surface area (Å²) in [4.78, 5) is 14.1. The highest BCUT2D eigenvalue weighted by Crippen LogP contribution is 2.33. The summed E-state index contributed by atoms with van der Waals surface area (Å²) in [5, 5.41) is 0.211. The van der Waals surface area contributed by atoms with Crippen LogP contribution in [-0.4, -0.2) is 27.2 Å². The third-order valence-electron chi connectivity index (χ3n) is 4.54. The molecule has 0 aliphatic carbocycles. The molecular weight excluding hydrogens is 454 g/mol. The molecule has 0 fully saturated rings. The monoisotopic (exact) mass is 475 g/mol. The van der Waals surface area contributed by atoms with Crippen molar-refractivity contribution in [1.29, 1.82) is 0 Å². The first-order valence-corrected chi connectivity index (χ1v) is 12.2. The summed E-state index contributed by atoms with van der Waals surface area (Å²) in [7, 11) is -2.68. The number of methoxy groups -OCH3 is 1. The number of thioether (sulfide) groups is 1. The highest BCUT2D eigenvalue weighted by Gasteiger charge is 2.31. The Balaban J connectivity index is 1.99. The van der Waals surface area contributed by atoms with Crippen LogP contribution in [0.4, 0.5) is 5.69 Å². The number of benzene rings is 3. The second-order valence-electron chi connectivity index (χ2n) is 6.90. The number of halogens is 1. The molecule has 1 amide bonds. The molecule has 5 nitrogen and oxygen atoms in total. The van der Waals surface area contributed by atoms with Gasteiger partial charge >= 0.3 is 0 Å². The Kier molecular flexibility index (Phi) is 7.30. The lowest BCUT2D eigenvalue weighted by molar-refractivity contribution is -0.115. The highest BCUT2D eigenvalue weighted by atomic mass is 35.5. The molecule has 162 valence electrons. The van der Waals surface area contributed by atoms with Gasteiger partial charge in [0, 0.05) is 4.90 Å². The molecule has 8 heteroatoms. The molecule has 0 saturated carbocycles. The van der Waals surface area contributed by atoms with E-state index in [9.17, 15) is 13.2 Å². The zero-order chi connectivity index (χ0) is 22.6. The van der Waals surface area contributed by atoms with Crippen LogP contribution < -0.4 is 9.04 Å². The number of carbonyl (C=O) groups excluding carboxylic acids is 1. The molecule has 0 radical (unpaired) electrons. The number of ether oxygens (including phenoxy) is 1. The molecule has 0 heterocycles. The molecule has 0 spiro atoms. The van der Waals surface area contributed by atoms with Crippen molar-refractivity contribution >= 4 is 45.0 Å². The number of sulfonamides is 1. The Labute approximate surface area is 192 Å². The van der Waals surface area contributed by atoms with E-state index in [1.165, 1.54) is 49.2 Å². The van der Waals surface area contributed by atoms with Crippen LogP contribution in [0.15, 0.2) is 76.5 Å². The van der Waals surface area contributed by atoms with E-state index in [0.29, 0.717) is 5.75 Å². The first kappa shape index (κ1) is 23.2. The van der Waals surface area contributed by atoms with Gasteiger partial charge in [-0.05, 0) is 56.3 Å². The van der Waals surface area contributed by atoms with Gasteiger partial charge in [-0.3, -0.25) is 4.79 Å². The van der Waals surface area contributed by atoms with E-state index in [4.69, 9.17) is 16.3 Å².